The molecule has 0 bridgehead atoms. The van der Waals surface area contributed by atoms with Crippen molar-refractivity contribution in [1.82, 2.24) is 5.32 Å². The van der Waals surface area contributed by atoms with E-state index in [1.54, 1.807) is 0 Å². The van der Waals surface area contributed by atoms with E-state index in [-0.39, 0.29) is 11.4 Å². The largest absolute Gasteiger partial charge is 0.350 e. The number of rotatable bonds is 7. The van der Waals surface area contributed by atoms with E-state index in [0.717, 1.165) is 12.8 Å². The Labute approximate surface area is 122 Å². The molecule has 0 unspecified atom stereocenters. The van der Waals surface area contributed by atoms with E-state index >= 15 is 0 Å². The number of aryl methyl sites for hydroxylation is 1. The van der Waals surface area contributed by atoms with Gasteiger partial charge in [-0.05, 0) is 45.1 Å². The van der Waals surface area contributed by atoms with Crippen LogP contribution < -0.4 is 11.1 Å². The maximum absolute atomic E-state index is 12.3. The van der Waals surface area contributed by atoms with Crippen molar-refractivity contribution < 1.29 is 4.79 Å². The Morgan fingerprint density at radius 1 is 1.15 bits per heavy atom. The van der Waals surface area contributed by atoms with Crippen LogP contribution in [0.25, 0.3) is 0 Å². The Bertz CT molecular complexity index is 422. The summed E-state index contributed by atoms with van der Waals surface area (Å²) >= 11 is 0. The van der Waals surface area contributed by atoms with Crippen LogP contribution in [0.5, 0.6) is 0 Å². The molecular weight excluding hydrogens is 248 g/mol. The minimum atomic E-state index is -0.746. The molecule has 0 saturated carbocycles. The summed E-state index contributed by atoms with van der Waals surface area (Å²) in [5.41, 5.74) is 6.44. The lowest BCUT2D eigenvalue weighted by molar-refractivity contribution is -0.128. The molecular formula is C17H28N2O. The van der Waals surface area contributed by atoms with Crippen LogP contribution in [0.2, 0.25) is 0 Å². The molecule has 20 heavy (non-hydrogen) atoms. The van der Waals surface area contributed by atoms with E-state index in [4.69, 9.17) is 5.73 Å². The molecule has 0 aliphatic rings. The zero-order chi connectivity index (χ0) is 15.2. The van der Waals surface area contributed by atoms with Crippen molar-refractivity contribution in [2.45, 2.75) is 64.5 Å². The van der Waals surface area contributed by atoms with Crippen LogP contribution in [0, 0.1) is 0 Å². The second-order valence-corrected chi connectivity index (χ2v) is 6.19. The number of nitrogens with one attached hydrogen (secondary N) is 1. The van der Waals surface area contributed by atoms with Gasteiger partial charge < -0.3 is 11.1 Å². The smallest absolute Gasteiger partial charge is 0.240 e. The molecule has 0 atom stereocenters. The van der Waals surface area contributed by atoms with Gasteiger partial charge >= 0.3 is 0 Å². The average Bonchev–Trinajstić information content (AvgIpc) is 2.45. The van der Waals surface area contributed by atoms with Crippen LogP contribution >= 0.6 is 0 Å². The Kier molecular flexibility index (Phi) is 5.75. The van der Waals surface area contributed by atoms with Crippen LogP contribution in [0.3, 0.4) is 0 Å². The molecule has 1 aromatic carbocycles. The second kappa shape index (κ2) is 6.89. The van der Waals surface area contributed by atoms with Crippen LogP contribution in [-0.4, -0.2) is 17.0 Å². The topological polar surface area (TPSA) is 55.1 Å². The minimum Gasteiger partial charge on any atom is -0.350 e. The van der Waals surface area contributed by atoms with Gasteiger partial charge in [0.05, 0.1) is 5.54 Å². The van der Waals surface area contributed by atoms with E-state index in [9.17, 15) is 4.79 Å². The van der Waals surface area contributed by atoms with Gasteiger partial charge in [-0.15, -0.1) is 0 Å². The molecule has 0 radical (unpaired) electrons. The van der Waals surface area contributed by atoms with Gasteiger partial charge in [0.15, 0.2) is 0 Å². The van der Waals surface area contributed by atoms with Crippen molar-refractivity contribution >= 4 is 5.91 Å². The number of hydrogen-bond acceptors (Lipinski definition) is 2. The summed E-state index contributed by atoms with van der Waals surface area (Å²) in [6.45, 7) is 8.03. The number of nitrogens with two attached hydrogens (primary N) is 1. The summed E-state index contributed by atoms with van der Waals surface area (Å²) in [6.07, 6.45) is 3.16. The first-order valence-corrected chi connectivity index (χ1v) is 7.48. The second-order valence-electron chi connectivity index (χ2n) is 6.19. The maximum Gasteiger partial charge on any atom is 0.240 e. The molecule has 0 aromatic heterocycles. The van der Waals surface area contributed by atoms with E-state index in [0.29, 0.717) is 12.8 Å². The van der Waals surface area contributed by atoms with Gasteiger partial charge in [-0.1, -0.05) is 44.2 Å². The van der Waals surface area contributed by atoms with Gasteiger partial charge in [0.2, 0.25) is 5.91 Å². The lowest BCUT2D eigenvalue weighted by Crippen LogP contribution is -2.58. The molecule has 0 heterocycles. The number of amides is 1. The highest BCUT2D eigenvalue weighted by atomic mass is 16.2. The lowest BCUT2D eigenvalue weighted by Gasteiger charge is -2.33. The zero-order valence-corrected chi connectivity index (χ0v) is 13.2. The summed E-state index contributed by atoms with van der Waals surface area (Å²) < 4.78 is 0. The number of hydrogen-bond donors (Lipinski definition) is 2. The number of carbonyl (C=O) groups is 1. The number of benzene rings is 1. The highest BCUT2D eigenvalue weighted by Crippen LogP contribution is 2.17. The third-order valence-corrected chi connectivity index (χ3v) is 4.05. The summed E-state index contributed by atoms with van der Waals surface area (Å²) in [7, 11) is 0. The minimum absolute atomic E-state index is 0.0411. The molecule has 0 saturated heterocycles. The molecule has 3 heteroatoms. The Balaban J connectivity index is 2.59. The predicted molar refractivity (Wildman–Crippen MR) is 84.5 cm³/mol. The van der Waals surface area contributed by atoms with Crippen LogP contribution in [0.4, 0.5) is 0 Å². The van der Waals surface area contributed by atoms with Crippen molar-refractivity contribution in [3.63, 3.8) is 0 Å². The van der Waals surface area contributed by atoms with Gasteiger partial charge in [-0.3, -0.25) is 4.79 Å². The van der Waals surface area contributed by atoms with Crippen LogP contribution in [0.1, 0.15) is 52.5 Å². The van der Waals surface area contributed by atoms with Gasteiger partial charge in [0, 0.05) is 5.54 Å². The van der Waals surface area contributed by atoms with E-state index in [1.165, 1.54) is 5.56 Å². The quantitative estimate of drug-likeness (QED) is 0.804. The van der Waals surface area contributed by atoms with Gasteiger partial charge in [0.1, 0.15) is 0 Å². The van der Waals surface area contributed by atoms with E-state index in [1.807, 2.05) is 32.0 Å². The third kappa shape index (κ3) is 4.64. The van der Waals surface area contributed by atoms with Gasteiger partial charge in [-0.2, -0.15) is 0 Å². The molecule has 1 rings (SSSR count). The van der Waals surface area contributed by atoms with Crippen molar-refractivity contribution in [1.29, 1.82) is 0 Å². The SMILES string of the molecule is CCC(N)(CC)C(=O)NC(C)(C)CCc1ccccc1. The fourth-order valence-corrected chi connectivity index (χ4v) is 2.17. The Hall–Kier alpha value is -1.35. The summed E-state index contributed by atoms with van der Waals surface area (Å²) in [5, 5.41) is 3.11. The third-order valence-electron chi connectivity index (χ3n) is 4.05. The zero-order valence-electron chi connectivity index (χ0n) is 13.2. The molecule has 0 spiro atoms. The standard InChI is InChI=1S/C17H28N2O/c1-5-17(18,6-2)15(20)19-16(3,4)13-12-14-10-8-7-9-11-14/h7-11H,5-6,12-13,18H2,1-4H3,(H,19,20). The first-order valence-electron chi connectivity index (χ1n) is 7.48. The average molecular weight is 276 g/mol. The van der Waals surface area contributed by atoms with Crippen LogP contribution in [0.15, 0.2) is 30.3 Å². The normalized spacial score (nSPS) is 12.2. The number of carbonyl (C=O) groups excluding carboxylic acids is 1. The van der Waals surface area contributed by atoms with Crippen molar-refractivity contribution in [3.05, 3.63) is 35.9 Å². The molecule has 3 N–H and O–H groups in total. The highest BCUT2D eigenvalue weighted by molar-refractivity contribution is 5.86. The fraction of sp³-hybridized carbons (Fsp3) is 0.588. The lowest BCUT2D eigenvalue weighted by atomic mass is 9.89. The molecule has 1 aromatic rings. The maximum atomic E-state index is 12.3. The molecule has 0 fully saturated rings. The van der Waals surface area contributed by atoms with E-state index < -0.39 is 5.54 Å². The summed E-state index contributed by atoms with van der Waals surface area (Å²) in [5.74, 6) is -0.0411. The molecule has 1 amide bonds. The van der Waals surface area contributed by atoms with Crippen molar-refractivity contribution in [2.75, 3.05) is 0 Å². The Morgan fingerprint density at radius 2 is 1.70 bits per heavy atom. The summed E-state index contributed by atoms with van der Waals surface area (Å²) in [6, 6.07) is 10.3. The highest BCUT2D eigenvalue weighted by Gasteiger charge is 2.33. The molecule has 3 nitrogen and oxygen atoms in total. The first-order chi connectivity index (χ1) is 9.33. The molecule has 112 valence electrons. The Morgan fingerprint density at radius 3 is 2.20 bits per heavy atom. The molecule has 0 aliphatic heterocycles. The van der Waals surface area contributed by atoms with Crippen molar-refractivity contribution in [2.24, 2.45) is 5.73 Å². The first kappa shape index (κ1) is 16.7. The predicted octanol–water partition coefficient (Wildman–Crippen LogP) is 3.03. The van der Waals surface area contributed by atoms with Gasteiger partial charge in [-0.25, -0.2) is 0 Å². The van der Waals surface area contributed by atoms with E-state index in [2.05, 4.69) is 31.3 Å². The van der Waals surface area contributed by atoms with Gasteiger partial charge in [0.25, 0.3) is 0 Å². The van der Waals surface area contributed by atoms with Crippen molar-refractivity contribution in [3.8, 4) is 0 Å². The fourth-order valence-electron chi connectivity index (χ4n) is 2.17. The monoisotopic (exact) mass is 276 g/mol. The summed E-state index contributed by atoms with van der Waals surface area (Å²) in [4.78, 5) is 12.3. The van der Waals surface area contributed by atoms with Crippen LogP contribution in [-0.2, 0) is 11.2 Å². The molecule has 0 aliphatic carbocycles.